The lowest BCUT2D eigenvalue weighted by molar-refractivity contribution is -0.133. The number of aromatic nitrogens is 3. The van der Waals surface area contributed by atoms with Gasteiger partial charge in [-0.3, -0.25) is 4.79 Å². The summed E-state index contributed by atoms with van der Waals surface area (Å²) in [5.74, 6) is 4.04. The number of carbonyl (C=O) groups excluding carboxylic acids is 1. The van der Waals surface area contributed by atoms with Gasteiger partial charge in [-0.2, -0.15) is 4.98 Å². The summed E-state index contributed by atoms with van der Waals surface area (Å²) in [6.07, 6.45) is 6.50. The van der Waals surface area contributed by atoms with Gasteiger partial charge in [0.25, 0.3) is 5.91 Å². The number of pyridine rings is 1. The molecule has 1 saturated heterocycles. The maximum Gasteiger partial charge on any atom is 0.260 e. The van der Waals surface area contributed by atoms with E-state index in [0.717, 1.165) is 49.0 Å². The number of hydrogen-bond acceptors (Lipinski definition) is 8. The van der Waals surface area contributed by atoms with Crippen molar-refractivity contribution in [1.82, 2.24) is 20.0 Å². The van der Waals surface area contributed by atoms with E-state index >= 15 is 0 Å². The first-order valence-corrected chi connectivity index (χ1v) is 12.4. The molecule has 9 heteroatoms. The van der Waals surface area contributed by atoms with Crippen LogP contribution in [0.25, 0.3) is 11.4 Å². The first-order chi connectivity index (χ1) is 17.2. The number of rotatable bonds is 8. The highest BCUT2D eigenvalue weighted by molar-refractivity contribution is 5.78. The fraction of sp³-hybridized carbons (Fsp3) is 0.462. The highest BCUT2D eigenvalue weighted by Gasteiger charge is 2.24. The van der Waals surface area contributed by atoms with Crippen molar-refractivity contribution in [2.45, 2.75) is 38.5 Å². The van der Waals surface area contributed by atoms with E-state index < -0.39 is 0 Å². The Morgan fingerprint density at radius 1 is 1.00 bits per heavy atom. The summed E-state index contributed by atoms with van der Waals surface area (Å²) in [7, 11) is 0. The van der Waals surface area contributed by atoms with Crippen molar-refractivity contribution in [2.75, 3.05) is 44.3 Å². The van der Waals surface area contributed by atoms with Crippen molar-refractivity contribution in [3.63, 3.8) is 0 Å². The predicted molar refractivity (Wildman–Crippen MR) is 131 cm³/mol. The zero-order chi connectivity index (χ0) is 24.0. The van der Waals surface area contributed by atoms with Crippen LogP contribution in [0.5, 0.6) is 11.5 Å². The lowest BCUT2D eigenvalue weighted by Crippen LogP contribution is -2.50. The summed E-state index contributed by atoms with van der Waals surface area (Å²) < 4.78 is 16.6. The molecule has 184 valence electrons. The topological polar surface area (TPSA) is 93.8 Å². The lowest BCUT2D eigenvalue weighted by atomic mass is 10.1. The Balaban J connectivity index is 1.10. The van der Waals surface area contributed by atoms with Crippen LogP contribution in [-0.2, 0) is 4.79 Å². The fourth-order valence-corrected chi connectivity index (χ4v) is 4.62. The maximum atomic E-state index is 12.6. The molecule has 0 unspecified atom stereocenters. The molecule has 5 rings (SSSR count). The second kappa shape index (κ2) is 10.8. The number of hydrogen-bond donors (Lipinski definition) is 0. The van der Waals surface area contributed by atoms with E-state index in [1.165, 1.54) is 12.8 Å². The van der Waals surface area contributed by atoms with Crippen LogP contribution in [0.1, 0.15) is 44.4 Å². The van der Waals surface area contributed by atoms with Gasteiger partial charge in [-0.15, -0.1) is 0 Å². The molecule has 1 aliphatic carbocycles. The molecular weight excluding hydrogens is 446 g/mol. The molecule has 0 spiro atoms. The van der Waals surface area contributed by atoms with E-state index in [-0.39, 0.29) is 12.5 Å². The van der Waals surface area contributed by atoms with Crippen LogP contribution < -0.4 is 14.4 Å². The van der Waals surface area contributed by atoms with Crippen molar-refractivity contribution in [2.24, 2.45) is 0 Å². The quantitative estimate of drug-likeness (QED) is 0.482. The molecule has 0 radical (unpaired) electrons. The molecule has 0 bridgehead atoms. The monoisotopic (exact) mass is 477 g/mol. The molecule has 2 fully saturated rings. The van der Waals surface area contributed by atoms with Gasteiger partial charge in [0.05, 0.1) is 6.61 Å². The number of benzene rings is 1. The first kappa shape index (κ1) is 23.1. The molecule has 2 aliphatic rings. The molecule has 1 aliphatic heterocycles. The van der Waals surface area contributed by atoms with Crippen LogP contribution in [0.15, 0.2) is 47.1 Å². The second-order valence-electron chi connectivity index (χ2n) is 8.90. The van der Waals surface area contributed by atoms with E-state index in [0.29, 0.717) is 37.2 Å². The van der Waals surface area contributed by atoms with Gasteiger partial charge in [0.15, 0.2) is 6.61 Å². The smallest absolute Gasteiger partial charge is 0.260 e. The summed E-state index contributed by atoms with van der Waals surface area (Å²) in [4.78, 5) is 25.8. The fourth-order valence-electron chi connectivity index (χ4n) is 4.62. The van der Waals surface area contributed by atoms with Crippen LogP contribution in [0.3, 0.4) is 0 Å². The Morgan fingerprint density at radius 2 is 1.71 bits per heavy atom. The standard InChI is InChI=1S/C26H31N5O4/c1-2-33-21-8-10-22(11-9-21)34-18-24(32)31-15-13-30(14-16-31)23-12-7-20(17-27-23)25-28-26(35-29-25)19-5-3-4-6-19/h7-12,17,19H,2-6,13-16,18H2,1H3. The van der Waals surface area contributed by atoms with Gasteiger partial charge in [-0.25, -0.2) is 4.98 Å². The molecule has 1 aromatic carbocycles. The summed E-state index contributed by atoms with van der Waals surface area (Å²) in [5.41, 5.74) is 0.849. The summed E-state index contributed by atoms with van der Waals surface area (Å²) >= 11 is 0. The molecule has 3 heterocycles. The number of amides is 1. The van der Waals surface area contributed by atoms with E-state index in [1.54, 1.807) is 6.20 Å². The predicted octanol–water partition coefficient (Wildman–Crippen LogP) is 3.92. The third-order valence-corrected chi connectivity index (χ3v) is 6.61. The average Bonchev–Trinajstić information content (AvgIpc) is 3.61. The number of carbonyl (C=O) groups is 1. The van der Waals surface area contributed by atoms with Gasteiger partial charge in [0.2, 0.25) is 11.7 Å². The molecule has 9 nitrogen and oxygen atoms in total. The zero-order valence-corrected chi connectivity index (χ0v) is 20.1. The van der Waals surface area contributed by atoms with E-state index in [1.807, 2.05) is 48.2 Å². The van der Waals surface area contributed by atoms with Crippen molar-refractivity contribution in [3.05, 3.63) is 48.5 Å². The van der Waals surface area contributed by atoms with Crippen LogP contribution in [0.2, 0.25) is 0 Å². The van der Waals surface area contributed by atoms with Crippen LogP contribution >= 0.6 is 0 Å². The number of nitrogens with zero attached hydrogens (tertiary/aromatic N) is 5. The van der Waals surface area contributed by atoms with Crippen LogP contribution in [-0.4, -0.2) is 65.3 Å². The Bertz CT molecular complexity index is 1100. The molecule has 1 amide bonds. The normalized spacial score (nSPS) is 16.5. The number of piperazine rings is 1. The van der Waals surface area contributed by atoms with E-state index in [9.17, 15) is 4.79 Å². The SMILES string of the molecule is CCOc1ccc(OCC(=O)N2CCN(c3ccc(-c4noc(C5CCCC5)n4)cn3)CC2)cc1. The van der Waals surface area contributed by atoms with Gasteiger partial charge >= 0.3 is 0 Å². The molecule has 3 aromatic rings. The van der Waals surface area contributed by atoms with Crippen molar-refractivity contribution in [1.29, 1.82) is 0 Å². The van der Waals surface area contributed by atoms with Gasteiger partial charge in [0.1, 0.15) is 17.3 Å². The van der Waals surface area contributed by atoms with Crippen LogP contribution in [0, 0.1) is 0 Å². The van der Waals surface area contributed by atoms with Gasteiger partial charge in [-0.05, 0) is 56.2 Å². The molecule has 0 N–H and O–H groups in total. The molecule has 0 atom stereocenters. The number of anilines is 1. The summed E-state index contributed by atoms with van der Waals surface area (Å²) in [6.45, 7) is 5.27. The van der Waals surface area contributed by atoms with Crippen molar-refractivity contribution >= 4 is 11.7 Å². The minimum Gasteiger partial charge on any atom is -0.494 e. The minimum atomic E-state index is -0.0167. The zero-order valence-electron chi connectivity index (χ0n) is 20.1. The average molecular weight is 478 g/mol. The van der Waals surface area contributed by atoms with E-state index in [4.69, 9.17) is 14.0 Å². The largest absolute Gasteiger partial charge is 0.494 e. The summed E-state index contributed by atoms with van der Waals surface area (Å²) in [6, 6.07) is 11.3. The molecule has 35 heavy (non-hydrogen) atoms. The maximum absolute atomic E-state index is 12.6. The summed E-state index contributed by atoms with van der Waals surface area (Å²) in [5, 5.41) is 4.15. The van der Waals surface area contributed by atoms with Gasteiger partial charge in [0, 0.05) is 43.9 Å². The second-order valence-corrected chi connectivity index (χ2v) is 8.90. The third-order valence-electron chi connectivity index (χ3n) is 6.61. The highest BCUT2D eigenvalue weighted by atomic mass is 16.5. The molecule has 1 saturated carbocycles. The Labute approximate surface area is 205 Å². The van der Waals surface area contributed by atoms with Gasteiger partial charge in [-0.1, -0.05) is 18.0 Å². The van der Waals surface area contributed by atoms with Gasteiger partial charge < -0.3 is 23.8 Å². The van der Waals surface area contributed by atoms with Crippen molar-refractivity contribution in [3.8, 4) is 22.9 Å². The minimum absolute atomic E-state index is 0.0167. The van der Waals surface area contributed by atoms with Crippen molar-refractivity contribution < 1.29 is 18.8 Å². The molecular formula is C26H31N5O4. The molecule has 2 aromatic heterocycles. The highest BCUT2D eigenvalue weighted by Crippen LogP contribution is 2.34. The third kappa shape index (κ3) is 5.55. The van der Waals surface area contributed by atoms with Crippen LogP contribution in [0.4, 0.5) is 5.82 Å². The Kier molecular flexibility index (Phi) is 7.11. The number of ether oxygens (including phenoxy) is 2. The Morgan fingerprint density at radius 3 is 2.37 bits per heavy atom. The lowest BCUT2D eigenvalue weighted by Gasteiger charge is -2.35. The Hall–Kier alpha value is -3.62. The van der Waals surface area contributed by atoms with E-state index in [2.05, 4.69) is 20.0 Å². The first-order valence-electron chi connectivity index (χ1n) is 12.4.